The molecule has 2 rings (SSSR count). The van der Waals surface area contributed by atoms with Crippen molar-refractivity contribution in [3.63, 3.8) is 0 Å². The third-order valence-corrected chi connectivity index (χ3v) is 3.35. The Morgan fingerprint density at radius 1 is 1.47 bits per heavy atom. The van der Waals surface area contributed by atoms with E-state index < -0.39 is 0 Å². The lowest BCUT2D eigenvalue weighted by atomic mass is 9.93. The van der Waals surface area contributed by atoms with Crippen LogP contribution in [0.5, 0.6) is 0 Å². The van der Waals surface area contributed by atoms with Gasteiger partial charge in [-0.2, -0.15) is 0 Å². The molecule has 2 heterocycles. The molecule has 0 aromatic carbocycles. The summed E-state index contributed by atoms with van der Waals surface area (Å²) in [5.41, 5.74) is 2.63. The Hall–Kier alpha value is -1.73. The normalized spacial score (nSPS) is 17.8. The maximum Gasteiger partial charge on any atom is 0.271 e. The SMILES string of the molecule is CC(NC(=O)c1cncc(NN)n1)C1CCOCC1. The van der Waals surface area contributed by atoms with E-state index in [9.17, 15) is 4.79 Å². The van der Waals surface area contributed by atoms with E-state index in [2.05, 4.69) is 20.7 Å². The zero-order chi connectivity index (χ0) is 13.7. The van der Waals surface area contributed by atoms with Gasteiger partial charge in [0.25, 0.3) is 5.91 Å². The fourth-order valence-corrected chi connectivity index (χ4v) is 2.16. The molecule has 1 aromatic rings. The van der Waals surface area contributed by atoms with Crippen molar-refractivity contribution in [2.24, 2.45) is 11.8 Å². The average Bonchev–Trinajstić information content (AvgIpc) is 2.48. The molecule has 0 bridgehead atoms. The molecule has 1 atom stereocenters. The highest BCUT2D eigenvalue weighted by atomic mass is 16.5. The first-order valence-electron chi connectivity index (χ1n) is 6.38. The highest BCUT2D eigenvalue weighted by Gasteiger charge is 2.22. The molecular weight excluding hydrogens is 246 g/mol. The van der Waals surface area contributed by atoms with Gasteiger partial charge in [-0.05, 0) is 25.7 Å². The van der Waals surface area contributed by atoms with Gasteiger partial charge in [0.2, 0.25) is 0 Å². The van der Waals surface area contributed by atoms with E-state index >= 15 is 0 Å². The number of hydrogen-bond acceptors (Lipinski definition) is 6. The number of nitrogen functional groups attached to an aromatic ring is 1. The molecule has 1 fully saturated rings. The van der Waals surface area contributed by atoms with Crippen molar-refractivity contribution in [3.05, 3.63) is 18.1 Å². The fraction of sp³-hybridized carbons (Fsp3) is 0.583. The van der Waals surface area contributed by atoms with Crippen LogP contribution in [0.4, 0.5) is 5.82 Å². The Morgan fingerprint density at radius 3 is 2.89 bits per heavy atom. The Morgan fingerprint density at radius 2 is 2.21 bits per heavy atom. The van der Waals surface area contributed by atoms with E-state index in [-0.39, 0.29) is 17.6 Å². The minimum atomic E-state index is -0.233. The molecular formula is C12H19N5O2. The number of amides is 1. The van der Waals surface area contributed by atoms with Gasteiger partial charge >= 0.3 is 0 Å². The summed E-state index contributed by atoms with van der Waals surface area (Å²) in [5, 5.41) is 2.95. The summed E-state index contributed by atoms with van der Waals surface area (Å²) >= 11 is 0. The second kappa shape index (κ2) is 6.44. The summed E-state index contributed by atoms with van der Waals surface area (Å²) in [6, 6.07) is 0.0905. The number of aromatic nitrogens is 2. The Balaban J connectivity index is 1.95. The molecule has 1 aromatic heterocycles. The average molecular weight is 265 g/mol. The molecule has 7 nitrogen and oxygen atoms in total. The Bertz CT molecular complexity index is 434. The van der Waals surface area contributed by atoms with Gasteiger partial charge in [0.1, 0.15) is 5.69 Å². The monoisotopic (exact) mass is 265 g/mol. The van der Waals surface area contributed by atoms with E-state index in [1.54, 1.807) is 0 Å². The number of ether oxygens (including phenoxy) is 1. The lowest BCUT2D eigenvalue weighted by Crippen LogP contribution is -2.40. The molecule has 1 unspecified atom stereocenters. The predicted molar refractivity (Wildman–Crippen MR) is 70.3 cm³/mol. The van der Waals surface area contributed by atoms with Gasteiger partial charge < -0.3 is 15.5 Å². The molecule has 1 aliphatic rings. The molecule has 0 saturated carbocycles. The summed E-state index contributed by atoms with van der Waals surface area (Å²) < 4.78 is 5.31. The van der Waals surface area contributed by atoms with Gasteiger partial charge in [-0.25, -0.2) is 10.8 Å². The van der Waals surface area contributed by atoms with E-state index in [1.807, 2.05) is 6.92 Å². The fourth-order valence-electron chi connectivity index (χ4n) is 2.16. The number of nitrogens with two attached hydrogens (primary N) is 1. The van der Waals surface area contributed by atoms with Crippen LogP contribution in [0.15, 0.2) is 12.4 Å². The van der Waals surface area contributed by atoms with Crippen molar-refractivity contribution >= 4 is 11.7 Å². The first kappa shape index (κ1) is 13.7. The number of nitrogens with one attached hydrogen (secondary N) is 2. The molecule has 104 valence electrons. The van der Waals surface area contributed by atoms with Crippen LogP contribution in [0, 0.1) is 5.92 Å². The minimum absolute atomic E-state index is 0.0905. The largest absolute Gasteiger partial charge is 0.381 e. The number of carbonyl (C=O) groups is 1. The molecule has 0 radical (unpaired) electrons. The zero-order valence-corrected chi connectivity index (χ0v) is 10.9. The molecule has 19 heavy (non-hydrogen) atoms. The number of hydrogen-bond donors (Lipinski definition) is 3. The Labute approximate surface area is 111 Å². The summed E-state index contributed by atoms with van der Waals surface area (Å²) in [6.45, 7) is 3.53. The van der Waals surface area contributed by atoms with Crippen LogP contribution in [0.1, 0.15) is 30.3 Å². The maximum absolute atomic E-state index is 12.1. The first-order chi connectivity index (χ1) is 9.20. The molecule has 0 aliphatic carbocycles. The lowest BCUT2D eigenvalue weighted by molar-refractivity contribution is 0.0537. The lowest BCUT2D eigenvalue weighted by Gasteiger charge is -2.28. The summed E-state index contributed by atoms with van der Waals surface area (Å²) in [4.78, 5) is 20.0. The number of nitrogens with zero attached hydrogens (tertiary/aromatic N) is 2. The maximum atomic E-state index is 12.1. The van der Waals surface area contributed by atoms with Gasteiger partial charge in [0, 0.05) is 19.3 Å². The second-order valence-corrected chi connectivity index (χ2v) is 4.65. The third kappa shape index (κ3) is 3.62. The highest BCUT2D eigenvalue weighted by Crippen LogP contribution is 2.18. The van der Waals surface area contributed by atoms with Crippen LogP contribution in [0.3, 0.4) is 0 Å². The summed E-state index contributed by atoms with van der Waals surface area (Å²) in [5.74, 6) is 5.82. The van der Waals surface area contributed by atoms with E-state index in [0.717, 1.165) is 26.1 Å². The second-order valence-electron chi connectivity index (χ2n) is 4.65. The van der Waals surface area contributed by atoms with Crippen molar-refractivity contribution in [3.8, 4) is 0 Å². The van der Waals surface area contributed by atoms with Crippen LogP contribution in [-0.4, -0.2) is 35.1 Å². The van der Waals surface area contributed by atoms with Gasteiger partial charge in [0.15, 0.2) is 5.82 Å². The number of carbonyl (C=O) groups excluding carboxylic acids is 1. The van der Waals surface area contributed by atoms with Gasteiger partial charge in [-0.1, -0.05) is 0 Å². The number of hydrazine groups is 1. The quantitative estimate of drug-likeness (QED) is 0.535. The van der Waals surface area contributed by atoms with Crippen molar-refractivity contribution in [1.82, 2.24) is 15.3 Å². The first-order valence-corrected chi connectivity index (χ1v) is 6.38. The van der Waals surface area contributed by atoms with Gasteiger partial charge in [-0.3, -0.25) is 9.78 Å². The van der Waals surface area contributed by atoms with Crippen molar-refractivity contribution < 1.29 is 9.53 Å². The van der Waals surface area contributed by atoms with Crippen molar-refractivity contribution in [2.75, 3.05) is 18.6 Å². The zero-order valence-electron chi connectivity index (χ0n) is 10.9. The van der Waals surface area contributed by atoms with Crippen LogP contribution in [0.25, 0.3) is 0 Å². The summed E-state index contributed by atoms with van der Waals surface area (Å²) in [7, 11) is 0. The standard InChI is InChI=1S/C12H19N5O2/c1-8(9-2-4-19-5-3-9)15-12(18)10-6-14-7-11(16-10)17-13/h6-9H,2-5,13H2,1H3,(H,15,18)(H,16,17). The Kier molecular flexibility index (Phi) is 4.64. The van der Waals surface area contributed by atoms with Gasteiger partial charge in [-0.15, -0.1) is 0 Å². The van der Waals surface area contributed by atoms with Crippen LogP contribution < -0.4 is 16.6 Å². The van der Waals surface area contributed by atoms with Crippen molar-refractivity contribution in [2.45, 2.75) is 25.8 Å². The van der Waals surface area contributed by atoms with Gasteiger partial charge in [0.05, 0.1) is 12.4 Å². The molecule has 1 aliphatic heterocycles. The van der Waals surface area contributed by atoms with Crippen molar-refractivity contribution in [1.29, 1.82) is 0 Å². The molecule has 0 spiro atoms. The summed E-state index contributed by atoms with van der Waals surface area (Å²) in [6.07, 6.45) is 4.82. The number of rotatable bonds is 4. The minimum Gasteiger partial charge on any atom is -0.381 e. The van der Waals surface area contributed by atoms with E-state index in [4.69, 9.17) is 10.6 Å². The third-order valence-electron chi connectivity index (χ3n) is 3.35. The van der Waals surface area contributed by atoms with Crippen LogP contribution in [-0.2, 0) is 4.74 Å². The topological polar surface area (TPSA) is 102 Å². The smallest absolute Gasteiger partial charge is 0.271 e. The predicted octanol–water partition coefficient (Wildman–Crippen LogP) is 0.307. The molecule has 1 amide bonds. The van der Waals surface area contributed by atoms with E-state index in [0.29, 0.717) is 11.7 Å². The number of anilines is 1. The highest BCUT2D eigenvalue weighted by molar-refractivity contribution is 5.92. The van der Waals surface area contributed by atoms with E-state index in [1.165, 1.54) is 12.4 Å². The molecule has 4 N–H and O–H groups in total. The van der Waals surface area contributed by atoms with Crippen LogP contribution in [0.2, 0.25) is 0 Å². The molecule has 7 heteroatoms. The van der Waals surface area contributed by atoms with Crippen LogP contribution >= 0.6 is 0 Å². The molecule has 1 saturated heterocycles.